The van der Waals surface area contributed by atoms with E-state index in [2.05, 4.69) is 18.1 Å². The predicted molar refractivity (Wildman–Crippen MR) is 93.5 cm³/mol. The van der Waals surface area contributed by atoms with Gasteiger partial charge in [0.05, 0.1) is 24.2 Å². The summed E-state index contributed by atoms with van der Waals surface area (Å²) < 4.78 is 7.77. The first kappa shape index (κ1) is 15.8. The summed E-state index contributed by atoms with van der Waals surface area (Å²) in [5.74, 6) is 0.158. The van der Waals surface area contributed by atoms with Crippen molar-refractivity contribution >= 4 is 17.2 Å². The summed E-state index contributed by atoms with van der Waals surface area (Å²) in [6.45, 7) is 4.76. The van der Waals surface area contributed by atoms with Gasteiger partial charge in [0.2, 0.25) is 0 Å². The first-order valence-electron chi connectivity index (χ1n) is 8.79. The number of hydrogen-bond acceptors (Lipinski definition) is 4. The summed E-state index contributed by atoms with van der Waals surface area (Å²) in [5, 5.41) is 4.32. The molecule has 1 aliphatic heterocycles. The van der Waals surface area contributed by atoms with Gasteiger partial charge in [0, 0.05) is 29.7 Å². The number of hydrogen-bond donors (Lipinski definition) is 0. The predicted octanol–water partition coefficient (Wildman–Crippen LogP) is 3.06. The molecule has 24 heavy (non-hydrogen) atoms. The third kappa shape index (κ3) is 3.00. The SMILES string of the molecule is CCn1cc(C2CN(C(=O)c3cc4c(s3)CCCC4)CCO2)cn1. The van der Waals surface area contributed by atoms with Gasteiger partial charge < -0.3 is 9.64 Å². The van der Waals surface area contributed by atoms with E-state index in [-0.39, 0.29) is 12.0 Å². The van der Waals surface area contributed by atoms with E-state index in [1.807, 2.05) is 22.0 Å². The molecule has 2 aromatic rings. The van der Waals surface area contributed by atoms with Gasteiger partial charge in [0.25, 0.3) is 5.91 Å². The summed E-state index contributed by atoms with van der Waals surface area (Å²) in [6, 6.07) is 2.13. The minimum Gasteiger partial charge on any atom is -0.370 e. The molecule has 6 heteroatoms. The fourth-order valence-corrected chi connectivity index (χ4v) is 4.73. The van der Waals surface area contributed by atoms with Crippen LogP contribution in [0.2, 0.25) is 0 Å². The maximum Gasteiger partial charge on any atom is 0.264 e. The Labute approximate surface area is 146 Å². The van der Waals surface area contributed by atoms with E-state index >= 15 is 0 Å². The van der Waals surface area contributed by atoms with E-state index in [9.17, 15) is 4.79 Å². The molecule has 1 fully saturated rings. The first-order chi connectivity index (χ1) is 11.7. The van der Waals surface area contributed by atoms with Crippen LogP contribution in [0.1, 0.15) is 51.5 Å². The summed E-state index contributed by atoms with van der Waals surface area (Å²) >= 11 is 1.69. The van der Waals surface area contributed by atoms with Crippen LogP contribution in [0.3, 0.4) is 0 Å². The maximum atomic E-state index is 12.9. The molecule has 1 atom stereocenters. The Morgan fingerprint density at radius 2 is 2.29 bits per heavy atom. The van der Waals surface area contributed by atoms with Crippen LogP contribution in [-0.4, -0.2) is 40.3 Å². The number of nitrogens with zero attached hydrogens (tertiary/aromatic N) is 3. The number of amides is 1. The monoisotopic (exact) mass is 345 g/mol. The van der Waals surface area contributed by atoms with Crippen molar-refractivity contribution < 1.29 is 9.53 Å². The lowest BCUT2D eigenvalue weighted by Gasteiger charge is -2.32. The Balaban J connectivity index is 1.49. The molecule has 5 nitrogen and oxygen atoms in total. The standard InChI is InChI=1S/C18H23N3O2S/c1-2-21-11-14(10-19-21)15-12-20(7-8-23-15)18(22)17-9-13-5-3-4-6-16(13)24-17/h9-11,15H,2-8,12H2,1H3. The second-order valence-electron chi connectivity index (χ2n) is 6.51. The Morgan fingerprint density at radius 1 is 1.42 bits per heavy atom. The summed E-state index contributed by atoms with van der Waals surface area (Å²) in [7, 11) is 0. The van der Waals surface area contributed by atoms with Crippen LogP contribution < -0.4 is 0 Å². The fraction of sp³-hybridized carbons (Fsp3) is 0.556. The third-order valence-electron chi connectivity index (χ3n) is 4.91. The number of aryl methyl sites for hydroxylation is 3. The third-order valence-corrected chi connectivity index (χ3v) is 6.14. The van der Waals surface area contributed by atoms with Crippen LogP contribution in [0.25, 0.3) is 0 Å². The number of ether oxygens (including phenoxy) is 1. The highest BCUT2D eigenvalue weighted by Gasteiger charge is 2.28. The lowest BCUT2D eigenvalue weighted by molar-refractivity contribution is -0.0227. The molecule has 2 aliphatic rings. The zero-order chi connectivity index (χ0) is 16.5. The highest BCUT2D eigenvalue weighted by atomic mass is 32.1. The van der Waals surface area contributed by atoms with Crippen molar-refractivity contribution in [2.75, 3.05) is 19.7 Å². The number of thiophene rings is 1. The Hall–Kier alpha value is -1.66. The average molecular weight is 345 g/mol. The van der Waals surface area contributed by atoms with Gasteiger partial charge in [-0.05, 0) is 44.2 Å². The van der Waals surface area contributed by atoms with Crippen molar-refractivity contribution in [1.82, 2.24) is 14.7 Å². The number of fused-ring (bicyclic) bond motifs is 1. The summed E-state index contributed by atoms with van der Waals surface area (Å²) in [6.07, 6.45) is 8.56. The molecule has 2 aromatic heterocycles. The molecule has 4 rings (SSSR count). The lowest BCUT2D eigenvalue weighted by atomic mass is 9.99. The number of carbonyl (C=O) groups excluding carboxylic acids is 1. The summed E-state index contributed by atoms with van der Waals surface area (Å²) in [5.41, 5.74) is 2.45. The first-order valence-corrected chi connectivity index (χ1v) is 9.61. The number of carbonyl (C=O) groups is 1. The quantitative estimate of drug-likeness (QED) is 0.859. The molecule has 0 aromatic carbocycles. The van der Waals surface area contributed by atoms with E-state index in [4.69, 9.17) is 4.74 Å². The number of morpholine rings is 1. The summed E-state index contributed by atoms with van der Waals surface area (Å²) in [4.78, 5) is 17.2. The van der Waals surface area contributed by atoms with Crippen molar-refractivity contribution in [2.45, 2.75) is 45.3 Å². The molecule has 0 N–H and O–H groups in total. The van der Waals surface area contributed by atoms with Crippen molar-refractivity contribution in [3.8, 4) is 0 Å². The lowest BCUT2D eigenvalue weighted by Crippen LogP contribution is -2.41. The smallest absolute Gasteiger partial charge is 0.264 e. The van der Waals surface area contributed by atoms with Crippen molar-refractivity contribution in [2.24, 2.45) is 0 Å². The molecule has 128 valence electrons. The Bertz CT molecular complexity index is 713. The molecular formula is C18H23N3O2S. The normalized spacial score (nSPS) is 20.9. The molecule has 3 heterocycles. The zero-order valence-corrected chi connectivity index (χ0v) is 14.8. The van der Waals surface area contributed by atoms with Crippen LogP contribution in [-0.2, 0) is 24.1 Å². The Morgan fingerprint density at radius 3 is 3.08 bits per heavy atom. The fourth-order valence-electron chi connectivity index (χ4n) is 3.51. The molecular weight excluding hydrogens is 322 g/mol. The van der Waals surface area contributed by atoms with Crippen molar-refractivity contribution in [3.63, 3.8) is 0 Å². The van der Waals surface area contributed by atoms with E-state index in [1.165, 1.54) is 23.3 Å². The Kier molecular flexibility index (Phi) is 4.41. The van der Waals surface area contributed by atoms with E-state index < -0.39 is 0 Å². The average Bonchev–Trinajstić information content (AvgIpc) is 3.27. The van der Waals surface area contributed by atoms with Gasteiger partial charge in [-0.25, -0.2) is 0 Å². The molecule has 0 radical (unpaired) electrons. The number of aromatic nitrogens is 2. The van der Waals surface area contributed by atoms with Crippen LogP contribution in [0.15, 0.2) is 18.5 Å². The van der Waals surface area contributed by atoms with E-state index in [0.717, 1.165) is 29.8 Å². The van der Waals surface area contributed by atoms with E-state index in [1.54, 1.807) is 11.3 Å². The second kappa shape index (κ2) is 6.69. The van der Waals surface area contributed by atoms with Crippen LogP contribution >= 0.6 is 11.3 Å². The van der Waals surface area contributed by atoms with Gasteiger partial charge >= 0.3 is 0 Å². The van der Waals surface area contributed by atoms with Gasteiger partial charge in [0.15, 0.2) is 0 Å². The molecule has 0 spiro atoms. The molecule has 1 amide bonds. The largest absolute Gasteiger partial charge is 0.370 e. The zero-order valence-electron chi connectivity index (χ0n) is 14.0. The molecule has 0 bridgehead atoms. The highest BCUT2D eigenvalue weighted by molar-refractivity contribution is 7.14. The second-order valence-corrected chi connectivity index (χ2v) is 7.64. The topological polar surface area (TPSA) is 47.4 Å². The van der Waals surface area contributed by atoms with Crippen LogP contribution in [0.4, 0.5) is 0 Å². The molecule has 1 unspecified atom stereocenters. The molecule has 1 saturated heterocycles. The molecule has 1 aliphatic carbocycles. The van der Waals surface area contributed by atoms with Gasteiger partial charge in [0.1, 0.15) is 6.10 Å². The van der Waals surface area contributed by atoms with Gasteiger partial charge in [-0.2, -0.15) is 5.10 Å². The maximum absolute atomic E-state index is 12.9. The van der Waals surface area contributed by atoms with Gasteiger partial charge in [-0.15, -0.1) is 11.3 Å². The van der Waals surface area contributed by atoms with Gasteiger partial charge in [-0.3, -0.25) is 9.48 Å². The van der Waals surface area contributed by atoms with E-state index in [0.29, 0.717) is 19.7 Å². The molecule has 0 saturated carbocycles. The van der Waals surface area contributed by atoms with Crippen molar-refractivity contribution in [3.05, 3.63) is 39.3 Å². The van der Waals surface area contributed by atoms with Gasteiger partial charge in [-0.1, -0.05) is 0 Å². The highest BCUT2D eigenvalue weighted by Crippen LogP contribution is 2.31. The minimum absolute atomic E-state index is 0.0717. The van der Waals surface area contributed by atoms with Crippen molar-refractivity contribution in [1.29, 1.82) is 0 Å². The minimum atomic E-state index is -0.0717. The van der Waals surface area contributed by atoms with Crippen LogP contribution in [0, 0.1) is 0 Å². The number of rotatable bonds is 3. The van der Waals surface area contributed by atoms with Crippen LogP contribution in [0.5, 0.6) is 0 Å².